The van der Waals surface area contributed by atoms with Gasteiger partial charge in [0.1, 0.15) is 18.2 Å². The van der Waals surface area contributed by atoms with Gasteiger partial charge in [-0.1, -0.05) is 49.6 Å². The largest absolute Gasteiger partial charge is 0.492 e. The van der Waals surface area contributed by atoms with E-state index in [1.165, 1.54) is 5.56 Å². The quantitative estimate of drug-likeness (QED) is 0.331. The molecule has 1 aliphatic rings. The molecule has 0 fully saturated rings. The van der Waals surface area contributed by atoms with Crippen molar-refractivity contribution in [2.24, 2.45) is 0 Å². The summed E-state index contributed by atoms with van der Waals surface area (Å²) in [5.41, 5.74) is 3.03. The summed E-state index contributed by atoms with van der Waals surface area (Å²) in [5.74, 6) is 2.14. The predicted molar refractivity (Wildman–Crippen MR) is 116 cm³/mol. The maximum Gasteiger partial charge on any atom is 0.226 e. The highest BCUT2D eigenvalue weighted by atomic mass is 16.5. The number of ether oxygens (including phenoxy) is 1. The molecular formula is C22H24N6O. The van der Waals surface area contributed by atoms with Crippen LogP contribution in [0.2, 0.25) is 0 Å². The molecule has 7 nitrogen and oxygen atoms in total. The summed E-state index contributed by atoms with van der Waals surface area (Å²) in [6, 6.07) is 10.4. The Labute approximate surface area is 169 Å². The normalized spacial score (nSPS) is 13.4. The number of nitrogens with one attached hydrogen (secondary N) is 2. The standard InChI is InChI=1S/C22H24N6O/c1-3-8-17(4-2)29-14-12-23-22-24-20-19-18(26-27-20)11-13-28(21(19)25-22)15-16-9-6-5-7-10-16/h3-10H,1-2,11-15H2,(H2,23,24,25,26,27)/b17-8+. The van der Waals surface area contributed by atoms with Crippen LogP contribution in [0.1, 0.15) is 11.3 Å². The van der Waals surface area contributed by atoms with Crippen LogP contribution in [0.15, 0.2) is 67.5 Å². The number of aromatic nitrogens is 4. The van der Waals surface area contributed by atoms with Crippen molar-refractivity contribution in [3.63, 3.8) is 0 Å². The Morgan fingerprint density at radius 2 is 2.10 bits per heavy atom. The van der Waals surface area contributed by atoms with Gasteiger partial charge in [0.05, 0.1) is 17.6 Å². The first-order chi connectivity index (χ1) is 14.3. The van der Waals surface area contributed by atoms with Gasteiger partial charge < -0.3 is 15.0 Å². The molecule has 0 bridgehead atoms. The van der Waals surface area contributed by atoms with E-state index < -0.39 is 0 Å². The fourth-order valence-corrected chi connectivity index (χ4v) is 3.39. The average Bonchev–Trinajstić information content (AvgIpc) is 3.17. The van der Waals surface area contributed by atoms with Gasteiger partial charge in [-0.05, 0) is 17.7 Å². The number of nitrogens with zero attached hydrogens (tertiary/aromatic N) is 4. The third-order valence-corrected chi connectivity index (χ3v) is 4.75. The molecule has 2 aromatic heterocycles. The molecule has 0 radical (unpaired) electrons. The van der Waals surface area contributed by atoms with Gasteiger partial charge in [0.25, 0.3) is 0 Å². The lowest BCUT2D eigenvalue weighted by Gasteiger charge is -2.28. The summed E-state index contributed by atoms with van der Waals surface area (Å²) < 4.78 is 5.63. The molecule has 0 saturated carbocycles. The first kappa shape index (κ1) is 18.7. The van der Waals surface area contributed by atoms with Crippen molar-refractivity contribution < 1.29 is 4.74 Å². The number of allylic oxidation sites excluding steroid dienone is 3. The number of anilines is 2. The molecule has 1 aromatic carbocycles. The average molecular weight is 388 g/mol. The van der Waals surface area contributed by atoms with E-state index in [4.69, 9.17) is 9.72 Å². The van der Waals surface area contributed by atoms with E-state index in [0.717, 1.165) is 36.4 Å². The fourth-order valence-electron chi connectivity index (χ4n) is 3.39. The highest BCUT2D eigenvalue weighted by Crippen LogP contribution is 2.32. The molecule has 148 valence electrons. The lowest BCUT2D eigenvalue weighted by Crippen LogP contribution is -2.30. The van der Waals surface area contributed by atoms with E-state index in [2.05, 4.69) is 62.8 Å². The molecule has 4 rings (SSSR count). The van der Waals surface area contributed by atoms with Crippen LogP contribution in [0.4, 0.5) is 11.8 Å². The fraction of sp³-hybridized carbons (Fsp3) is 0.227. The minimum atomic E-state index is 0.460. The molecule has 0 atom stereocenters. The van der Waals surface area contributed by atoms with E-state index >= 15 is 0 Å². The minimum absolute atomic E-state index is 0.460. The molecule has 7 heteroatoms. The van der Waals surface area contributed by atoms with Crippen LogP contribution < -0.4 is 10.2 Å². The lowest BCUT2D eigenvalue weighted by atomic mass is 10.1. The Morgan fingerprint density at radius 1 is 1.24 bits per heavy atom. The summed E-state index contributed by atoms with van der Waals surface area (Å²) in [4.78, 5) is 11.6. The summed E-state index contributed by atoms with van der Waals surface area (Å²) in [6.45, 7) is 10.1. The van der Waals surface area contributed by atoms with Crippen molar-refractivity contribution >= 4 is 22.8 Å². The van der Waals surface area contributed by atoms with Crippen LogP contribution in [-0.4, -0.2) is 39.9 Å². The van der Waals surface area contributed by atoms with Crippen LogP contribution >= 0.6 is 0 Å². The number of aromatic amines is 1. The SMILES string of the molecule is C=C/C=C(\C=C)OCCNc1nc2c3c([nH]nc3n1)CCN2Cc1ccccc1. The predicted octanol–water partition coefficient (Wildman–Crippen LogP) is 3.60. The Balaban J connectivity index is 1.51. The number of H-pyrrole nitrogens is 1. The van der Waals surface area contributed by atoms with Crippen molar-refractivity contribution in [1.29, 1.82) is 0 Å². The maximum atomic E-state index is 5.63. The van der Waals surface area contributed by atoms with Crippen molar-refractivity contribution in [1.82, 2.24) is 20.2 Å². The summed E-state index contributed by atoms with van der Waals surface area (Å²) >= 11 is 0. The maximum absolute atomic E-state index is 5.63. The molecule has 0 amide bonds. The summed E-state index contributed by atoms with van der Waals surface area (Å²) in [7, 11) is 0. The van der Waals surface area contributed by atoms with Gasteiger partial charge in [-0.25, -0.2) is 0 Å². The van der Waals surface area contributed by atoms with E-state index in [1.54, 1.807) is 18.2 Å². The van der Waals surface area contributed by atoms with Crippen molar-refractivity contribution in [3.8, 4) is 0 Å². The number of rotatable bonds is 9. The van der Waals surface area contributed by atoms with Gasteiger partial charge in [-0.15, -0.1) is 0 Å². The molecule has 0 spiro atoms. The molecule has 2 N–H and O–H groups in total. The molecule has 3 aromatic rings. The molecule has 1 aliphatic heterocycles. The molecular weight excluding hydrogens is 364 g/mol. The number of benzene rings is 1. The second-order valence-corrected chi connectivity index (χ2v) is 6.71. The van der Waals surface area contributed by atoms with Gasteiger partial charge in [0.2, 0.25) is 5.95 Å². The highest BCUT2D eigenvalue weighted by Gasteiger charge is 2.24. The minimum Gasteiger partial charge on any atom is -0.492 e. The van der Waals surface area contributed by atoms with Crippen molar-refractivity contribution in [2.75, 3.05) is 29.9 Å². The third-order valence-electron chi connectivity index (χ3n) is 4.75. The molecule has 0 unspecified atom stereocenters. The molecule has 29 heavy (non-hydrogen) atoms. The topological polar surface area (TPSA) is 79.0 Å². The first-order valence-corrected chi connectivity index (χ1v) is 9.64. The van der Waals surface area contributed by atoms with Gasteiger partial charge in [-0.3, -0.25) is 5.10 Å². The second-order valence-electron chi connectivity index (χ2n) is 6.71. The van der Waals surface area contributed by atoms with Crippen molar-refractivity contribution in [2.45, 2.75) is 13.0 Å². The third kappa shape index (κ3) is 4.13. The van der Waals surface area contributed by atoms with Gasteiger partial charge in [-0.2, -0.15) is 15.1 Å². The monoisotopic (exact) mass is 388 g/mol. The smallest absolute Gasteiger partial charge is 0.226 e. The molecule has 0 aliphatic carbocycles. The van der Waals surface area contributed by atoms with E-state index in [0.29, 0.717) is 30.5 Å². The zero-order valence-corrected chi connectivity index (χ0v) is 16.3. The van der Waals surface area contributed by atoms with Crippen LogP contribution in [-0.2, 0) is 17.7 Å². The Hall–Kier alpha value is -3.61. The number of hydrogen-bond acceptors (Lipinski definition) is 6. The summed E-state index contributed by atoms with van der Waals surface area (Å²) in [6.07, 6.45) is 6.00. The lowest BCUT2D eigenvalue weighted by molar-refractivity contribution is 0.237. The molecule has 3 heterocycles. The Morgan fingerprint density at radius 3 is 2.90 bits per heavy atom. The first-order valence-electron chi connectivity index (χ1n) is 9.64. The van der Waals surface area contributed by atoms with Crippen LogP contribution in [0.3, 0.4) is 0 Å². The number of hydrogen-bond donors (Lipinski definition) is 2. The highest BCUT2D eigenvalue weighted by molar-refractivity contribution is 5.91. The zero-order valence-electron chi connectivity index (χ0n) is 16.3. The molecule has 0 saturated heterocycles. The van der Waals surface area contributed by atoms with Gasteiger partial charge >= 0.3 is 0 Å². The van der Waals surface area contributed by atoms with Gasteiger partial charge in [0, 0.05) is 19.5 Å². The van der Waals surface area contributed by atoms with Crippen LogP contribution in [0, 0.1) is 0 Å². The van der Waals surface area contributed by atoms with Crippen molar-refractivity contribution in [3.05, 3.63) is 78.7 Å². The summed E-state index contributed by atoms with van der Waals surface area (Å²) in [5, 5.41) is 11.7. The Bertz CT molecular complexity index is 1040. The van der Waals surface area contributed by atoms with E-state index in [-0.39, 0.29) is 0 Å². The van der Waals surface area contributed by atoms with E-state index in [1.807, 2.05) is 6.07 Å². The van der Waals surface area contributed by atoms with E-state index in [9.17, 15) is 0 Å². The second kappa shape index (κ2) is 8.60. The Kier molecular flexibility index (Phi) is 5.56. The van der Waals surface area contributed by atoms with Crippen LogP contribution in [0.5, 0.6) is 0 Å². The zero-order chi connectivity index (χ0) is 20.1. The van der Waals surface area contributed by atoms with Crippen LogP contribution in [0.25, 0.3) is 11.0 Å². The van der Waals surface area contributed by atoms with Gasteiger partial charge in [0.15, 0.2) is 5.65 Å².